The van der Waals surface area contributed by atoms with Gasteiger partial charge >= 0.3 is 6.18 Å². The van der Waals surface area contributed by atoms with Crippen LogP contribution in [0.1, 0.15) is 46.2 Å². The van der Waals surface area contributed by atoms with E-state index < -0.39 is 29.1 Å². The molecule has 1 fully saturated rings. The monoisotopic (exact) mass is 394 g/mol. The van der Waals surface area contributed by atoms with Crippen LogP contribution in [0, 0.1) is 5.41 Å². The lowest BCUT2D eigenvalue weighted by Gasteiger charge is -2.33. The van der Waals surface area contributed by atoms with Gasteiger partial charge in [-0.2, -0.15) is 13.2 Å². The number of carbonyl (C=O) groups excluding carboxylic acids is 1. The molecule has 1 aliphatic heterocycles. The highest BCUT2D eigenvalue weighted by atomic mass is 19.4. The molecule has 7 heteroatoms. The Morgan fingerprint density at radius 3 is 2.14 bits per heavy atom. The number of halogens is 3. The lowest BCUT2D eigenvalue weighted by molar-refractivity contribution is -0.192. The maximum atomic E-state index is 14.2. The first kappa shape index (κ1) is 20.5. The summed E-state index contributed by atoms with van der Waals surface area (Å²) in [6, 6.07) is 8.33. The average molecular weight is 394 g/mol. The molecule has 0 aliphatic carbocycles. The summed E-state index contributed by atoms with van der Waals surface area (Å²) in [6.45, 7) is 8.56. The first-order valence-corrected chi connectivity index (χ1v) is 9.14. The van der Waals surface area contributed by atoms with Crippen molar-refractivity contribution in [3.8, 4) is 5.75 Å². The quantitative estimate of drug-likeness (QED) is 0.797. The summed E-state index contributed by atoms with van der Waals surface area (Å²) in [5, 5.41) is 2.44. The number of benzene rings is 2. The third-order valence-corrected chi connectivity index (χ3v) is 4.64. The molecule has 2 aromatic rings. The Hall–Kier alpha value is -2.28. The highest BCUT2D eigenvalue weighted by Gasteiger charge is 2.52. The second-order valence-corrected chi connectivity index (χ2v) is 8.85. The SMILES string of the molecule is CC(C)(C)Oc1cc2ccccc2cc1[C@H](N1CC(C)(C)C(=O)N1)C(F)(F)F. The van der Waals surface area contributed by atoms with Crippen LogP contribution in [0.3, 0.4) is 0 Å². The third-order valence-electron chi connectivity index (χ3n) is 4.64. The number of nitrogens with zero attached hydrogens (tertiary/aromatic N) is 1. The van der Waals surface area contributed by atoms with E-state index in [1.165, 1.54) is 6.07 Å². The van der Waals surface area contributed by atoms with E-state index in [9.17, 15) is 18.0 Å². The number of hydrogen-bond donors (Lipinski definition) is 1. The molecule has 1 amide bonds. The predicted octanol–water partition coefficient (Wildman–Crippen LogP) is 4.99. The number of carbonyl (C=O) groups is 1. The molecule has 0 unspecified atom stereocenters. The summed E-state index contributed by atoms with van der Waals surface area (Å²) < 4.78 is 48.5. The van der Waals surface area contributed by atoms with Gasteiger partial charge in [0.05, 0.1) is 5.41 Å². The minimum Gasteiger partial charge on any atom is -0.488 e. The average Bonchev–Trinajstić information content (AvgIpc) is 2.78. The molecule has 0 bridgehead atoms. The van der Waals surface area contributed by atoms with Gasteiger partial charge in [-0.3, -0.25) is 10.2 Å². The molecule has 1 aliphatic rings. The highest BCUT2D eigenvalue weighted by Crippen LogP contribution is 2.45. The summed E-state index contributed by atoms with van der Waals surface area (Å²) in [4.78, 5) is 12.1. The zero-order valence-corrected chi connectivity index (χ0v) is 16.6. The first-order valence-electron chi connectivity index (χ1n) is 9.14. The molecule has 2 aromatic carbocycles. The zero-order chi connectivity index (χ0) is 20.9. The van der Waals surface area contributed by atoms with Crippen molar-refractivity contribution in [1.29, 1.82) is 0 Å². The van der Waals surface area contributed by atoms with Gasteiger partial charge in [0.15, 0.2) is 6.04 Å². The minimum atomic E-state index is -4.61. The molecular formula is C21H25F3N2O2. The van der Waals surface area contributed by atoms with Crippen molar-refractivity contribution < 1.29 is 22.7 Å². The van der Waals surface area contributed by atoms with E-state index in [4.69, 9.17) is 4.74 Å². The van der Waals surface area contributed by atoms with E-state index in [1.807, 2.05) is 12.1 Å². The van der Waals surface area contributed by atoms with Gasteiger partial charge in [-0.25, -0.2) is 5.01 Å². The molecule has 1 atom stereocenters. The third kappa shape index (κ3) is 4.09. The van der Waals surface area contributed by atoms with Gasteiger partial charge in [-0.1, -0.05) is 24.3 Å². The van der Waals surface area contributed by atoms with Crippen molar-refractivity contribution in [3.63, 3.8) is 0 Å². The van der Waals surface area contributed by atoms with Crippen molar-refractivity contribution >= 4 is 16.7 Å². The Balaban J connectivity index is 2.18. The summed E-state index contributed by atoms with van der Waals surface area (Å²) in [6.07, 6.45) is -4.61. The Labute approximate surface area is 162 Å². The molecular weight excluding hydrogens is 369 g/mol. The molecule has 3 rings (SSSR count). The van der Waals surface area contributed by atoms with Crippen LogP contribution in [0.2, 0.25) is 0 Å². The van der Waals surface area contributed by atoms with Gasteiger partial charge in [0, 0.05) is 12.1 Å². The van der Waals surface area contributed by atoms with Gasteiger partial charge in [-0.15, -0.1) is 0 Å². The molecule has 0 radical (unpaired) electrons. The van der Waals surface area contributed by atoms with E-state index in [0.29, 0.717) is 5.39 Å². The number of amides is 1. The standard InChI is InChI=1S/C21H25F3N2O2/c1-19(2,3)28-16-11-14-9-7-6-8-13(14)10-15(16)17(21(22,23)24)26-12-20(4,5)18(27)25-26/h6-11,17H,12H2,1-5H3,(H,25,27)/t17-/m0/s1. The van der Waals surface area contributed by atoms with Crippen LogP contribution in [0.15, 0.2) is 36.4 Å². The van der Waals surface area contributed by atoms with E-state index in [0.717, 1.165) is 10.4 Å². The molecule has 0 saturated carbocycles. The molecule has 152 valence electrons. The lowest BCUT2D eigenvalue weighted by atomic mass is 9.93. The summed E-state index contributed by atoms with van der Waals surface area (Å²) >= 11 is 0. The second-order valence-electron chi connectivity index (χ2n) is 8.85. The summed E-state index contributed by atoms with van der Waals surface area (Å²) in [5.74, 6) is -0.270. The van der Waals surface area contributed by atoms with Crippen LogP contribution < -0.4 is 10.2 Å². The van der Waals surface area contributed by atoms with Crippen molar-refractivity contribution in [3.05, 3.63) is 42.0 Å². The van der Waals surface area contributed by atoms with Gasteiger partial charge in [0.1, 0.15) is 11.4 Å². The molecule has 1 heterocycles. The van der Waals surface area contributed by atoms with Crippen molar-refractivity contribution in [1.82, 2.24) is 10.4 Å². The van der Waals surface area contributed by atoms with Crippen LogP contribution in [0.25, 0.3) is 10.8 Å². The number of ether oxygens (including phenoxy) is 1. The predicted molar refractivity (Wildman–Crippen MR) is 102 cm³/mol. The Bertz CT molecular complexity index is 901. The second kappa shape index (κ2) is 6.65. The van der Waals surface area contributed by atoms with Crippen LogP contribution in [0.5, 0.6) is 5.75 Å². The van der Waals surface area contributed by atoms with E-state index in [2.05, 4.69) is 5.43 Å². The Kier molecular flexibility index (Phi) is 4.86. The Morgan fingerprint density at radius 1 is 1.11 bits per heavy atom. The number of hydrogen-bond acceptors (Lipinski definition) is 3. The molecule has 0 aromatic heterocycles. The normalized spacial score (nSPS) is 18.9. The van der Waals surface area contributed by atoms with Crippen LogP contribution in [-0.4, -0.2) is 29.2 Å². The topological polar surface area (TPSA) is 41.6 Å². The number of fused-ring (bicyclic) bond motifs is 1. The van der Waals surface area contributed by atoms with Gasteiger partial charge in [0.2, 0.25) is 5.91 Å². The summed E-state index contributed by atoms with van der Waals surface area (Å²) in [5.41, 5.74) is 0.801. The maximum Gasteiger partial charge on any atom is 0.410 e. The van der Waals surface area contributed by atoms with E-state index in [1.54, 1.807) is 52.8 Å². The number of rotatable bonds is 3. The van der Waals surface area contributed by atoms with Crippen LogP contribution >= 0.6 is 0 Å². The Morgan fingerprint density at radius 2 is 1.68 bits per heavy atom. The fraction of sp³-hybridized carbons (Fsp3) is 0.476. The van der Waals surface area contributed by atoms with Gasteiger partial charge in [-0.05, 0) is 57.5 Å². The largest absolute Gasteiger partial charge is 0.488 e. The molecule has 0 spiro atoms. The summed E-state index contributed by atoms with van der Waals surface area (Å²) in [7, 11) is 0. The van der Waals surface area contributed by atoms with E-state index >= 15 is 0 Å². The minimum absolute atomic E-state index is 0.0147. The van der Waals surface area contributed by atoms with Crippen molar-refractivity contribution in [2.24, 2.45) is 5.41 Å². The fourth-order valence-corrected chi connectivity index (χ4v) is 3.36. The van der Waals surface area contributed by atoms with E-state index in [-0.39, 0.29) is 17.9 Å². The van der Waals surface area contributed by atoms with Crippen LogP contribution in [0.4, 0.5) is 13.2 Å². The molecule has 1 N–H and O–H groups in total. The highest BCUT2D eigenvalue weighted by molar-refractivity contribution is 5.86. The molecule has 4 nitrogen and oxygen atoms in total. The molecule has 28 heavy (non-hydrogen) atoms. The zero-order valence-electron chi connectivity index (χ0n) is 16.6. The van der Waals surface area contributed by atoms with Crippen molar-refractivity contribution in [2.75, 3.05) is 6.54 Å². The number of hydrazine groups is 1. The number of alkyl halides is 3. The smallest absolute Gasteiger partial charge is 0.410 e. The fourth-order valence-electron chi connectivity index (χ4n) is 3.36. The molecule has 1 saturated heterocycles. The van der Waals surface area contributed by atoms with Crippen LogP contribution in [-0.2, 0) is 4.79 Å². The lowest BCUT2D eigenvalue weighted by Crippen LogP contribution is -2.44. The number of nitrogens with one attached hydrogen (secondary N) is 1. The van der Waals surface area contributed by atoms with Gasteiger partial charge < -0.3 is 4.74 Å². The van der Waals surface area contributed by atoms with Gasteiger partial charge in [0.25, 0.3) is 0 Å². The van der Waals surface area contributed by atoms with Crippen molar-refractivity contribution in [2.45, 2.75) is 52.4 Å². The first-order chi connectivity index (χ1) is 12.8. The maximum absolute atomic E-state index is 14.2.